The third-order valence-electron chi connectivity index (χ3n) is 2.21. The summed E-state index contributed by atoms with van der Waals surface area (Å²) in [6, 6.07) is 1.99. The van der Waals surface area contributed by atoms with Gasteiger partial charge in [-0.25, -0.2) is 4.79 Å². The molecule has 8 heteroatoms. The molecule has 1 rings (SSSR count). The van der Waals surface area contributed by atoms with Crippen molar-refractivity contribution in [3.8, 4) is 0 Å². The minimum absolute atomic E-state index is 0.0814. The van der Waals surface area contributed by atoms with E-state index in [0.29, 0.717) is 5.75 Å². The summed E-state index contributed by atoms with van der Waals surface area (Å²) in [5, 5.41) is 13.4. The molecule has 0 saturated carbocycles. The zero-order valence-electron chi connectivity index (χ0n) is 9.96. The van der Waals surface area contributed by atoms with Crippen molar-refractivity contribution in [3.05, 3.63) is 24.2 Å². The molecule has 1 atom stereocenters. The Bertz CT molecular complexity index is 446. The molecule has 0 aliphatic heterocycles. The number of amides is 2. The largest absolute Gasteiger partial charge is 0.480 e. The second kappa shape index (κ2) is 7.47. The normalized spacial score (nSPS) is 11.6. The number of carboxylic acid groups (broad SMARTS) is 1. The summed E-state index contributed by atoms with van der Waals surface area (Å²) >= 11 is 3.91. The molecular formula is C11H14N2O5S. The smallest absolute Gasteiger partial charge is 0.326 e. The summed E-state index contributed by atoms with van der Waals surface area (Å²) in [5.74, 6) is -1.86. The molecule has 104 valence electrons. The fourth-order valence-corrected chi connectivity index (χ4v) is 1.55. The average molecular weight is 286 g/mol. The van der Waals surface area contributed by atoms with E-state index in [1.807, 2.05) is 0 Å². The van der Waals surface area contributed by atoms with E-state index in [1.54, 1.807) is 6.07 Å². The second-order valence-corrected chi connectivity index (χ2v) is 4.08. The third-order valence-corrected chi connectivity index (χ3v) is 2.46. The van der Waals surface area contributed by atoms with Gasteiger partial charge in [0.1, 0.15) is 6.04 Å². The molecule has 0 fully saturated rings. The van der Waals surface area contributed by atoms with E-state index in [-0.39, 0.29) is 18.7 Å². The van der Waals surface area contributed by atoms with Gasteiger partial charge in [-0.1, -0.05) is 0 Å². The van der Waals surface area contributed by atoms with E-state index in [0.717, 1.165) is 0 Å². The summed E-state index contributed by atoms with van der Waals surface area (Å²) in [4.78, 5) is 33.7. The molecule has 0 spiro atoms. The van der Waals surface area contributed by atoms with E-state index in [1.165, 1.54) is 12.3 Å². The highest BCUT2D eigenvalue weighted by Gasteiger charge is 2.19. The van der Waals surface area contributed by atoms with Crippen molar-refractivity contribution >= 4 is 30.4 Å². The Labute approximate surface area is 114 Å². The molecule has 0 aliphatic rings. The van der Waals surface area contributed by atoms with Gasteiger partial charge in [0.25, 0.3) is 5.91 Å². The van der Waals surface area contributed by atoms with Gasteiger partial charge in [-0.15, -0.1) is 0 Å². The Kier molecular flexibility index (Phi) is 5.94. The lowest BCUT2D eigenvalue weighted by molar-refractivity contribution is -0.141. The molecule has 0 aliphatic carbocycles. The van der Waals surface area contributed by atoms with Crippen LogP contribution < -0.4 is 10.6 Å². The zero-order valence-corrected chi connectivity index (χ0v) is 10.9. The van der Waals surface area contributed by atoms with Gasteiger partial charge in [0, 0.05) is 0 Å². The molecular weight excluding hydrogens is 272 g/mol. The molecule has 1 heterocycles. The van der Waals surface area contributed by atoms with Crippen LogP contribution in [-0.4, -0.2) is 41.2 Å². The topological polar surface area (TPSA) is 109 Å². The first kappa shape index (κ1) is 15.1. The maximum atomic E-state index is 11.5. The molecule has 2 amide bonds. The van der Waals surface area contributed by atoms with Gasteiger partial charge in [-0.3, -0.25) is 9.59 Å². The van der Waals surface area contributed by atoms with Crippen LogP contribution in [0, 0.1) is 0 Å². The van der Waals surface area contributed by atoms with Crippen LogP contribution >= 0.6 is 12.6 Å². The highest BCUT2D eigenvalue weighted by molar-refractivity contribution is 7.80. The van der Waals surface area contributed by atoms with E-state index in [2.05, 4.69) is 23.3 Å². The van der Waals surface area contributed by atoms with Gasteiger partial charge in [0.2, 0.25) is 5.91 Å². The first-order chi connectivity index (χ1) is 9.04. The van der Waals surface area contributed by atoms with Crippen LogP contribution in [0.1, 0.15) is 17.0 Å². The average Bonchev–Trinajstić information content (AvgIpc) is 2.89. The molecule has 0 saturated heterocycles. The minimum Gasteiger partial charge on any atom is -0.480 e. The number of hydrogen-bond donors (Lipinski definition) is 4. The third kappa shape index (κ3) is 5.04. The van der Waals surface area contributed by atoms with Gasteiger partial charge in [-0.05, 0) is 24.3 Å². The van der Waals surface area contributed by atoms with E-state index in [9.17, 15) is 14.4 Å². The molecule has 1 aromatic rings. The number of rotatable bonds is 7. The molecule has 1 unspecified atom stereocenters. The Balaban J connectivity index is 2.38. The lowest BCUT2D eigenvalue weighted by Gasteiger charge is -2.13. The van der Waals surface area contributed by atoms with Crippen LogP contribution in [0.2, 0.25) is 0 Å². The van der Waals surface area contributed by atoms with Crippen LogP contribution in [0.15, 0.2) is 22.8 Å². The van der Waals surface area contributed by atoms with Crippen molar-refractivity contribution in [1.29, 1.82) is 0 Å². The number of furan rings is 1. The summed E-state index contributed by atoms with van der Waals surface area (Å²) in [6.45, 7) is -0.324. The number of aliphatic carboxylic acids is 1. The van der Waals surface area contributed by atoms with Gasteiger partial charge >= 0.3 is 5.97 Å². The standard InChI is InChI=1S/C11H14N2O5S/c14-9(13-7(3-5-19)11(16)17)6-12-10(15)8-2-1-4-18-8/h1-2,4,7,19H,3,5-6H2,(H,12,15)(H,13,14)(H,16,17). The van der Waals surface area contributed by atoms with Crippen LogP contribution in [0.3, 0.4) is 0 Å². The molecule has 19 heavy (non-hydrogen) atoms. The molecule has 1 aromatic heterocycles. The van der Waals surface area contributed by atoms with Crippen LogP contribution in [0.4, 0.5) is 0 Å². The Morgan fingerprint density at radius 3 is 2.68 bits per heavy atom. The maximum Gasteiger partial charge on any atom is 0.326 e. The van der Waals surface area contributed by atoms with Crippen LogP contribution in [0.5, 0.6) is 0 Å². The number of carboxylic acids is 1. The molecule has 3 N–H and O–H groups in total. The maximum absolute atomic E-state index is 11.5. The van der Waals surface area contributed by atoms with E-state index >= 15 is 0 Å². The lowest BCUT2D eigenvalue weighted by Crippen LogP contribution is -2.45. The first-order valence-corrected chi connectivity index (χ1v) is 6.12. The number of thiol groups is 1. The van der Waals surface area contributed by atoms with Gasteiger partial charge < -0.3 is 20.2 Å². The Morgan fingerprint density at radius 1 is 1.42 bits per heavy atom. The second-order valence-electron chi connectivity index (χ2n) is 3.63. The van der Waals surface area contributed by atoms with Gasteiger partial charge in [0.05, 0.1) is 12.8 Å². The van der Waals surface area contributed by atoms with Crippen molar-refractivity contribution in [2.45, 2.75) is 12.5 Å². The molecule has 7 nitrogen and oxygen atoms in total. The highest BCUT2D eigenvalue weighted by atomic mass is 32.1. The number of carbonyl (C=O) groups is 3. The van der Waals surface area contributed by atoms with E-state index in [4.69, 9.17) is 9.52 Å². The van der Waals surface area contributed by atoms with Gasteiger partial charge in [-0.2, -0.15) is 12.6 Å². The fraction of sp³-hybridized carbons (Fsp3) is 0.364. The minimum atomic E-state index is -1.14. The molecule has 0 radical (unpaired) electrons. The Hall–Kier alpha value is -1.96. The quantitative estimate of drug-likeness (QED) is 0.523. The first-order valence-electron chi connectivity index (χ1n) is 5.49. The van der Waals surface area contributed by atoms with Gasteiger partial charge in [0.15, 0.2) is 5.76 Å². The lowest BCUT2D eigenvalue weighted by atomic mass is 10.2. The molecule has 0 aromatic carbocycles. The SMILES string of the molecule is O=C(CNC(=O)c1ccco1)NC(CCS)C(=O)O. The van der Waals surface area contributed by atoms with Crippen LogP contribution in [0.25, 0.3) is 0 Å². The molecule has 0 bridgehead atoms. The van der Waals surface area contributed by atoms with Crippen molar-refractivity contribution in [1.82, 2.24) is 10.6 Å². The summed E-state index contributed by atoms with van der Waals surface area (Å²) in [5.41, 5.74) is 0. The summed E-state index contributed by atoms with van der Waals surface area (Å²) < 4.78 is 4.84. The highest BCUT2D eigenvalue weighted by Crippen LogP contribution is 1.99. The van der Waals surface area contributed by atoms with Crippen molar-refractivity contribution in [2.24, 2.45) is 0 Å². The number of nitrogens with one attached hydrogen (secondary N) is 2. The van der Waals surface area contributed by atoms with Crippen molar-refractivity contribution in [2.75, 3.05) is 12.3 Å². The number of hydrogen-bond acceptors (Lipinski definition) is 5. The van der Waals surface area contributed by atoms with Crippen LogP contribution in [-0.2, 0) is 9.59 Å². The monoisotopic (exact) mass is 286 g/mol. The van der Waals surface area contributed by atoms with E-state index < -0.39 is 23.8 Å². The predicted molar refractivity (Wildman–Crippen MR) is 69.1 cm³/mol. The predicted octanol–water partition coefficient (Wildman–Crippen LogP) is -0.101. The summed E-state index contributed by atoms with van der Waals surface area (Å²) in [7, 11) is 0. The number of carbonyl (C=O) groups excluding carboxylic acids is 2. The van der Waals surface area contributed by atoms with Crippen molar-refractivity contribution in [3.63, 3.8) is 0 Å². The zero-order chi connectivity index (χ0) is 14.3. The fourth-order valence-electron chi connectivity index (χ4n) is 1.29. The summed E-state index contributed by atoms with van der Waals surface area (Å²) in [6.07, 6.45) is 1.54. The Morgan fingerprint density at radius 2 is 2.16 bits per heavy atom. The van der Waals surface area contributed by atoms with Crippen molar-refractivity contribution < 1.29 is 23.9 Å².